The van der Waals surface area contributed by atoms with E-state index in [9.17, 15) is 18.0 Å². The van der Waals surface area contributed by atoms with Crippen molar-refractivity contribution in [3.05, 3.63) is 35.2 Å². The Morgan fingerprint density at radius 2 is 2.05 bits per heavy atom. The summed E-state index contributed by atoms with van der Waals surface area (Å²) in [6, 6.07) is 2.83. The molecule has 0 radical (unpaired) electrons. The van der Waals surface area contributed by atoms with Crippen molar-refractivity contribution in [3.8, 4) is 11.4 Å². The number of carbonyl (C=O) groups is 1. The third-order valence-corrected chi connectivity index (χ3v) is 2.83. The van der Waals surface area contributed by atoms with Crippen molar-refractivity contribution in [2.75, 3.05) is 7.11 Å². The molecule has 6 nitrogen and oxygen atoms in total. The van der Waals surface area contributed by atoms with Gasteiger partial charge in [-0.1, -0.05) is 5.21 Å². The molecule has 0 saturated carbocycles. The topological polar surface area (TPSA) is 77.2 Å². The molecule has 2 rings (SSSR count). The van der Waals surface area contributed by atoms with Crippen molar-refractivity contribution in [3.63, 3.8) is 0 Å². The highest BCUT2D eigenvalue weighted by molar-refractivity contribution is 5.86. The number of hydrogen-bond donors (Lipinski definition) is 1. The van der Waals surface area contributed by atoms with Gasteiger partial charge in [-0.3, -0.25) is 0 Å². The largest absolute Gasteiger partial charge is 0.494 e. The van der Waals surface area contributed by atoms with E-state index < -0.39 is 17.7 Å². The first kappa shape index (κ1) is 14.8. The lowest BCUT2D eigenvalue weighted by Crippen LogP contribution is -2.09. The SMILES string of the molecule is COc1ccc(C(F)(F)F)cc1-n1nnc(C(=O)O)c1C. The molecule has 0 aliphatic carbocycles. The molecule has 0 aliphatic rings. The molecular formula is C12H10F3N3O3. The summed E-state index contributed by atoms with van der Waals surface area (Å²) in [6.45, 7) is 1.39. The fourth-order valence-electron chi connectivity index (χ4n) is 1.79. The number of carboxylic acids is 1. The van der Waals surface area contributed by atoms with E-state index in [1.807, 2.05) is 0 Å². The first-order chi connectivity index (χ1) is 9.75. The number of aromatic carboxylic acids is 1. The van der Waals surface area contributed by atoms with Crippen LogP contribution in [-0.2, 0) is 6.18 Å². The van der Waals surface area contributed by atoms with E-state index in [1.54, 1.807) is 0 Å². The molecular weight excluding hydrogens is 291 g/mol. The van der Waals surface area contributed by atoms with E-state index in [1.165, 1.54) is 14.0 Å². The van der Waals surface area contributed by atoms with E-state index in [0.29, 0.717) is 0 Å². The lowest BCUT2D eigenvalue weighted by Gasteiger charge is -2.13. The van der Waals surface area contributed by atoms with E-state index in [-0.39, 0.29) is 22.8 Å². The molecule has 0 amide bonds. The first-order valence-electron chi connectivity index (χ1n) is 5.67. The van der Waals surface area contributed by atoms with Gasteiger partial charge in [0, 0.05) is 0 Å². The summed E-state index contributed by atoms with van der Waals surface area (Å²) in [4.78, 5) is 10.9. The van der Waals surface area contributed by atoms with Crippen molar-refractivity contribution in [1.29, 1.82) is 0 Å². The maximum Gasteiger partial charge on any atom is 0.416 e. The van der Waals surface area contributed by atoms with Crippen LogP contribution in [0.25, 0.3) is 5.69 Å². The summed E-state index contributed by atoms with van der Waals surface area (Å²) in [7, 11) is 1.29. The minimum absolute atomic E-state index is 0.0372. The van der Waals surface area contributed by atoms with Crippen molar-refractivity contribution in [1.82, 2.24) is 15.0 Å². The van der Waals surface area contributed by atoms with Crippen LogP contribution >= 0.6 is 0 Å². The van der Waals surface area contributed by atoms with Crippen molar-refractivity contribution >= 4 is 5.97 Å². The van der Waals surface area contributed by atoms with Crippen LogP contribution in [0, 0.1) is 6.92 Å². The van der Waals surface area contributed by atoms with E-state index in [0.717, 1.165) is 22.9 Å². The van der Waals surface area contributed by atoms with Gasteiger partial charge >= 0.3 is 12.1 Å². The Labute approximate surface area is 116 Å². The van der Waals surface area contributed by atoms with Crippen LogP contribution in [0.2, 0.25) is 0 Å². The second-order valence-electron chi connectivity index (χ2n) is 4.12. The van der Waals surface area contributed by atoms with Crippen LogP contribution in [0.1, 0.15) is 21.7 Å². The molecule has 0 unspecified atom stereocenters. The summed E-state index contributed by atoms with van der Waals surface area (Å²) >= 11 is 0. The number of methoxy groups -OCH3 is 1. The molecule has 1 aromatic heterocycles. The standard InChI is InChI=1S/C12H10F3N3O3/c1-6-10(11(19)20)16-17-18(6)8-5-7(12(13,14)15)3-4-9(8)21-2/h3-5H,1-2H3,(H,19,20). The van der Waals surface area contributed by atoms with E-state index in [4.69, 9.17) is 9.84 Å². The Bertz CT molecular complexity index is 695. The monoisotopic (exact) mass is 301 g/mol. The number of aromatic nitrogens is 3. The molecule has 1 aromatic carbocycles. The number of rotatable bonds is 3. The van der Waals surface area contributed by atoms with E-state index >= 15 is 0 Å². The molecule has 0 spiro atoms. The van der Waals surface area contributed by atoms with Gasteiger partial charge < -0.3 is 9.84 Å². The molecule has 0 aliphatic heterocycles. The Morgan fingerprint density at radius 3 is 2.52 bits per heavy atom. The smallest absolute Gasteiger partial charge is 0.416 e. The molecule has 0 fully saturated rings. The van der Waals surface area contributed by atoms with Gasteiger partial charge in [0.2, 0.25) is 0 Å². The van der Waals surface area contributed by atoms with Gasteiger partial charge in [-0.05, 0) is 25.1 Å². The van der Waals surface area contributed by atoms with Gasteiger partial charge in [0.15, 0.2) is 5.69 Å². The van der Waals surface area contributed by atoms with Crippen LogP contribution in [0.5, 0.6) is 5.75 Å². The highest BCUT2D eigenvalue weighted by Crippen LogP contribution is 2.34. The Morgan fingerprint density at radius 1 is 1.38 bits per heavy atom. The Kier molecular flexibility index (Phi) is 3.58. The highest BCUT2D eigenvalue weighted by Gasteiger charge is 2.32. The summed E-state index contributed by atoms with van der Waals surface area (Å²) in [5, 5.41) is 15.9. The van der Waals surface area contributed by atoms with Crippen molar-refractivity contribution in [2.24, 2.45) is 0 Å². The van der Waals surface area contributed by atoms with Crippen LogP contribution in [0.4, 0.5) is 13.2 Å². The minimum Gasteiger partial charge on any atom is -0.494 e. The van der Waals surface area contributed by atoms with Crippen LogP contribution in [0.15, 0.2) is 18.2 Å². The normalized spacial score (nSPS) is 11.5. The first-order valence-corrected chi connectivity index (χ1v) is 5.67. The predicted molar refractivity (Wildman–Crippen MR) is 64.6 cm³/mol. The van der Waals surface area contributed by atoms with Gasteiger partial charge in [0.25, 0.3) is 0 Å². The summed E-state index contributed by atoms with van der Waals surface area (Å²) in [5.74, 6) is -1.20. The third kappa shape index (κ3) is 2.67. The molecule has 1 heterocycles. The number of benzene rings is 1. The fourth-order valence-corrected chi connectivity index (χ4v) is 1.79. The van der Waals surface area contributed by atoms with Crippen molar-refractivity contribution < 1.29 is 27.8 Å². The number of nitrogens with zero attached hydrogens (tertiary/aromatic N) is 3. The molecule has 0 saturated heterocycles. The van der Waals surface area contributed by atoms with Crippen molar-refractivity contribution in [2.45, 2.75) is 13.1 Å². The maximum atomic E-state index is 12.8. The van der Waals surface area contributed by atoms with Gasteiger partial charge in [-0.2, -0.15) is 13.2 Å². The predicted octanol–water partition coefficient (Wildman–Crippen LogP) is 2.30. The van der Waals surface area contributed by atoms with Crippen LogP contribution in [0.3, 0.4) is 0 Å². The summed E-state index contributed by atoms with van der Waals surface area (Å²) < 4.78 is 44.3. The third-order valence-electron chi connectivity index (χ3n) is 2.83. The number of halogens is 3. The average Bonchev–Trinajstić information content (AvgIpc) is 2.78. The number of ether oxygens (including phenoxy) is 1. The fraction of sp³-hybridized carbons (Fsp3) is 0.250. The average molecular weight is 301 g/mol. The molecule has 21 heavy (non-hydrogen) atoms. The minimum atomic E-state index is -4.54. The second-order valence-corrected chi connectivity index (χ2v) is 4.12. The zero-order valence-electron chi connectivity index (χ0n) is 11.0. The number of alkyl halides is 3. The molecule has 112 valence electrons. The lowest BCUT2D eigenvalue weighted by molar-refractivity contribution is -0.137. The van der Waals surface area contributed by atoms with Crippen LogP contribution in [-0.4, -0.2) is 33.2 Å². The quantitative estimate of drug-likeness (QED) is 0.941. The van der Waals surface area contributed by atoms with Gasteiger partial charge in [-0.25, -0.2) is 9.48 Å². The molecule has 9 heteroatoms. The highest BCUT2D eigenvalue weighted by atomic mass is 19.4. The maximum absolute atomic E-state index is 12.8. The number of carboxylic acid groups (broad SMARTS) is 1. The summed E-state index contributed by atoms with van der Waals surface area (Å²) in [5.41, 5.74) is -1.18. The molecule has 2 aromatic rings. The van der Waals surface area contributed by atoms with Gasteiger partial charge in [-0.15, -0.1) is 5.10 Å². The summed E-state index contributed by atoms with van der Waals surface area (Å²) in [6.07, 6.45) is -4.54. The molecule has 0 bridgehead atoms. The molecule has 1 N–H and O–H groups in total. The molecule has 0 atom stereocenters. The zero-order chi connectivity index (χ0) is 15.8. The van der Waals surface area contributed by atoms with E-state index in [2.05, 4.69) is 10.3 Å². The Balaban J connectivity index is 2.64. The second kappa shape index (κ2) is 5.08. The zero-order valence-corrected chi connectivity index (χ0v) is 11.0. The number of hydrogen-bond acceptors (Lipinski definition) is 4. The lowest BCUT2D eigenvalue weighted by atomic mass is 10.1. The van der Waals surface area contributed by atoms with Crippen LogP contribution < -0.4 is 4.74 Å². The Hall–Kier alpha value is -2.58. The van der Waals surface area contributed by atoms with Gasteiger partial charge in [0.05, 0.1) is 18.4 Å². The van der Waals surface area contributed by atoms with Gasteiger partial charge in [0.1, 0.15) is 11.4 Å².